The van der Waals surface area contributed by atoms with Crippen LogP contribution in [0.4, 0.5) is 0 Å². The number of rotatable bonds is 15. The Morgan fingerprint density at radius 1 is 0.857 bits per heavy atom. The molecule has 3 atom stereocenters. The van der Waals surface area contributed by atoms with Crippen LogP contribution in [0, 0.1) is 0 Å². The molecule has 0 aromatic carbocycles. The van der Waals surface area contributed by atoms with Crippen molar-refractivity contribution < 1.29 is 24.3 Å². The fourth-order valence-electron chi connectivity index (χ4n) is 2.37. The third kappa shape index (κ3) is 11.5. The Hall–Kier alpha value is -2.24. The van der Waals surface area contributed by atoms with Crippen LogP contribution >= 0.6 is 0 Å². The van der Waals surface area contributed by atoms with Crippen LogP contribution in [-0.2, 0) is 19.2 Å². The van der Waals surface area contributed by atoms with Gasteiger partial charge in [0.25, 0.3) is 0 Å². The number of nitrogens with two attached hydrogens (primary N) is 3. The molecule has 10 N–H and O–H groups in total. The van der Waals surface area contributed by atoms with E-state index >= 15 is 0 Å². The Bertz CT molecular complexity index is 516. The maximum absolute atomic E-state index is 12.3. The smallest absolute Gasteiger partial charge is 0.322 e. The van der Waals surface area contributed by atoms with Crippen molar-refractivity contribution in [2.75, 3.05) is 19.6 Å². The normalized spacial score (nSPS) is 13.9. The van der Waals surface area contributed by atoms with Crippen LogP contribution < -0.4 is 33.2 Å². The van der Waals surface area contributed by atoms with Gasteiger partial charge in [-0.3, -0.25) is 19.2 Å². The maximum atomic E-state index is 12.3. The van der Waals surface area contributed by atoms with Crippen LogP contribution in [0.1, 0.15) is 45.4 Å². The topological polar surface area (TPSA) is 203 Å². The van der Waals surface area contributed by atoms with E-state index in [4.69, 9.17) is 22.3 Å². The van der Waals surface area contributed by atoms with Crippen molar-refractivity contribution in [3.8, 4) is 0 Å². The van der Waals surface area contributed by atoms with Crippen LogP contribution in [0.15, 0.2) is 0 Å². The summed E-state index contributed by atoms with van der Waals surface area (Å²) < 4.78 is 0. The SMILES string of the molecule is CC(NC(=O)C(N)CCCCN)C(=O)NC(CCCCN)C(=O)NCC(=O)O. The quantitative estimate of drug-likeness (QED) is 0.149. The largest absolute Gasteiger partial charge is 0.480 e. The van der Waals surface area contributed by atoms with Gasteiger partial charge in [-0.2, -0.15) is 0 Å². The van der Waals surface area contributed by atoms with Gasteiger partial charge in [0.05, 0.1) is 6.04 Å². The lowest BCUT2D eigenvalue weighted by Crippen LogP contribution is -2.55. The molecular weight excluding hydrogens is 368 g/mol. The molecule has 0 aromatic rings. The molecule has 0 aliphatic carbocycles. The Morgan fingerprint density at radius 3 is 1.96 bits per heavy atom. The Kier molecular flexibility index (Phi) is 13.6. The molecule has 0 rings (SSSR count). The first-order valence-electron chi connectivity index (χ1n) is 9.48. The van der Waals surface area contributed by atoms with E-state index < -0.39 is 48.4 Å². The van der Waals surface area contributed by atoms with Crippen molar-refractivity contribution in [1.29, 1.82) is 0 Å². The fourth-order valence-corrected chi connectivity index (χ4v) is 2.37. The van der Waals surface area contributed by atoms with E-state index in [0.717, 1.165) is 6.42 Å². The first-order chi connectivity index (χ1) is 13.2. The van der Waals surface area contributed by atoms with Crippen LogP contribution in [0.25, 0.3) is 0 Å². The number of nitrogens with one attached hydrogen (secondary N) is 3. The molecule has 11 nitrogen and oxygen atoms in total. The highest BCUT2D eigenvalue weighted by Crippen LogP contribution is 2.03. The van der Waals surface area contributed by atoms with Crippen LogP contribution in [0.5, 0.6) is 0 Å². The van der Waals surface area contributed by atoms with Crippen LogP contribution in [-0.4, -0.2) is 66.6 Å². The van der Waals surface area contributed by atoms with Crippen LogP contribution in [0.3, 0.4) is 0 Å². The van der Waals surface area contributed by atoms with E-state index in [1.54, 1.807) is 0 Å². The summed E-state index contributed by atoms with van der Waals surface area (Å²) in [6, 6.07) is -2.57. The molecule has 0 saturated heterocycles. The molecule has 0 saturated carbocycles. The molecule has 3 unspecified atom stereocenters. The zero-order valence-corrected chi connectivity index (χ0v) is 16.4. The zero-order valence-electron chi connectivity index (χ0n) is 16.4. The number of hydrogen-bond acceptors (Lipinski definition) is 7. The fraction of sp³-hybridized carbons (Fsp3) is 0.765. The molecule has 0 heterocycles. The number of hydrogen-bond donors (Lipinski definition) is 7. The summed E-state index contributed by atoms with van der Waals surface area (Å²) in [5.41, 5.74) is 16.6. The highest BCUT2D eigenvalue weighted by molar-refractivity contribution is 5.93. The molecular formula is C17H34N6O5. The van der Waals surface area contributed by atoms with Crippen molar-refractivity contribution >= 4 is 23.7 Å². The van der Waals surface area contributed by atoms with E-state index in [0.29, 0.717) is 45.2 Å². The summed E-state index contributed by atoms with van der Waals surface area (Å²) in [6.07, 6.45) is 3.45. The molecule has 162 valence electrons. The number of carbonyl (C=O) groups excluding carboxylic acids is 3. The van der Waals surface area contributed by atoms with Gasteiger partial charge in [0.15, 0.2) is 0 Å². The predicted molar refractivity (Wildman–Crippen MR) is 104 cm³/mol. The summed E-state index contributed by atoms with van der Waals surface area (Å²) in [7, 11) is 0. The Morgan fingerprint density at radius 2 is 1.43 bits per heavy atom. The standard InChI is InChI=1S/C17H34N6O5/c1-11(22-16(27)12(20)6-2-4-8-18)15(26)23-13(7-3-5-9-19)17(28)21-10-14(24)25/h11-13H,2-10,18-20H2,1H3,(H,21,28)(H,22,27)(H,23,26)(H,24,25). The second-order valence-corrected chi connectivity index (χ2v) is 6.58. The van der Waals surface area contributed by atoms with Gasteiger partial charge < -0.3 is 38.3 Å². The average molecular weight is 402 g/mol. The minimum absolute atomic E-state index is 0.299. The summed E-state index contributed by atoms with van der Waals surface area (Å²) in [5.74, 6) is -2.82. The summed E-state index contributed by atoms with van der Waals surface area (Å²) in [5, 5.41) is 16.0. The molecule has 0 radical (unpaired) electrons. The van der Waals surface area contributed by atoms with E-state index in [2.05, 4.69) is 16.0 Å². The number of aliphatic carboxylic acids is 1. The van der Waals surface area contributed by atoms with Gasteiger partial charge >= 0.3 is 5.97 Å². The zero-order chi connectivity index (χ0) is 21.5. The summed E-state index contributed by atoms with van der Waals surface area (Å²) >= 11 is 0. The highest BCUT2D eigenvalue weighted by Gasteiger charge is 2.25. The van der Waals surface area contributed by atoms with Crippen LogP contribution in [0.2, 0.25) is 0 Å². The monoisotopic (exact) mass is 402 g/mol. The molecule has 0 aromatic heterocycles. The second kappa shape index (κ2) is 14.8. The van der Waals surface area contributed by atoms with Crippen molar-refractivity contribution in [1.82, 2.24) is 16.0 Å². The van der Waals surface area contributed by atoms with E-state index in [9.17, 15) is 19.2 Å². The summed E-state index contributed by atoms with van der Waals surface area (Å²) in [6.45, 7) is 1.88. The number of carboxylic acid groups (broad SMARTS) is 1. The Labute approximate surface area is 165 Å². The van der Waals surface area contributed by atoms with Gasteiger partial charge in [0.2, 0.25) is 17.7 Å². The van der Waals surface area contributed by atoms with Gasteiger partial charge in [-0.1, -0.05) is 6.42 Å². The lowest BCUT2D eigenvalue weighted by molar-refractivity contribution is -0.138. The van der Waals surface area contributed by atoms with Crippen molar-refractivity contribution in [3.63, 3.8) is 0 Å². The molecule has 0 bridgehead atoms. The Balaban J connectivity index is 4.68. The molecule has 0 aliphatic heterocycles. The lowest BCUT2D eigenvalue weighted by Gasteiger charge is -2.22. The number of carboxylic acids is 1. The summed E-state index contributed by atoms with van der Waals surface area (Å²) in [4.78, 5) is 47.1. The molecule has 28 heavy (non-hydrogen) atoms. The predicted octanol–water partition coefficient (Wildman–Crippen LogP) is -2.24. The first-order valence-corrected chi connectivity index (χ1v) is 9.48. The minimum Gasteiger partial charge on any atom is -0.480 e. The minimum atomic E-state index is -1.19. The van der Waals surface area contributed by atoms with Gasteiger partial charge in [-0.15, -0.1) is 0 Å². The highest BCUT2D eigenvalue weighted by atomic mass is 16.4. The third-order valence-electron chi connectivity index (χ3n) is 4.05. The van der Waals surface area contributed by atoms with Crippen molar-refractivity contribution in [3.05, 3.63) is 0 Å². The van der Waals surface area contributed by atoms with Gasteiger partial charge in [-0.05, 0) is 52.1 Å². The molecule has 0 aliphatic rings. The molecule has 0 fully saturated rings. The number of amides is 3. The molecule has 11 heteroatoms. The second-order valence-electron chi connectivity index (χ2n) is 6.58. The number of unbranched alkanes of at least 4 members (excludes halogenated alkanes) is 2. The molecule has 0 spiro atoms. The van der Waals surface area contributed by atoms with Crippen molar-refractivity contribution in [2.24, 2.45) is 17.2 Å². The first kappa shape index (κ1) is 25.8. The third-order valence-corrected chi connectivity index (χ3v) is 4.05. The molecule has 3 amide bonds. The van der Waals surface area contributed by atoms with Gasteiger partial charge in [0, 0.05) is 0 Å². The van der Waals surface area contributed by atoms with E-state index in [-0.39, 0.29) is 0 Å². The van der Waals surface area contributed by atoms with Gasteiger partial charge in [-0.25, -0.2) is 0 Å². The van der Waals surface area contributed by atoms with E-state index in [1.807, 2.05) is 0 Å². The van der Waals surface area contributed by atoms with Gasteiger partial charge in [0.1, 0.15) is 18.6 Å². The average Bonchev–Trinajstić information content (AvgIpc) is 2.65. The maximum Gasteiger partial charge on any atom is 0.322 e. The number of carbonyl (C=O) groups is 4. The van der Waals surface area contributed by atoms with E-state index in [1.165, 1.54) is 6.92 Å². The van der Waals surface area contributed by atoms with Crippen molar-refractivity contribution in [2.45, 2.75) is 63.6 Å². The lowest BCUT2D eigenvalue weighted by atomic mass is 10.1.